The Balaban J connectivity index is 3.18. The van der Waals surface area contributed by atoms with Crippen LogP contribution < -0.4 is 4.74 Å². The lowest BCUT2D eigenvalue weighted by Gasteiger charge is -2.06. The fourth-order valence-corrected chi connectivity index (χ4v) is 1.01. The molecule has 0 aliphatic heterocycles. The third-order valence-corrected chi connectivity index (χ3v) is 1.78. The van der Waals surface area contributed by atoms with Crippen LogP contribution in [-0.4, -0.2) is 22.0 Å². The maximum Gasteiger partial charge on any atom is 0.491 e. The molecule has 0 saturated heterocycles. The molecule has 0 aliphatic carbocycles. The number of carbonyl (C=O) groups is 1. The number of halogens is 3. The van der Waals surface area contributed by atoms with Crippen LogP contribution in [0.3, 0.4) is 0 Å². The molecule has 11 heteroatoms. The van der Waals surface area contributed by atoms with Gasteiger partial charge >= 0.3 is 17.8 Å². The fourth-order valence-electron chi connectivity index (χ4n) is 1.01. The molecule has 1 aromatic carbocycles. The maximum atomic E-state index is 11.9. The molecule has 0 aromatic heterocycles. The molecule has 0 amide bonds. The van der Waals surface area contributed by atoms with E-state index in [2.05, 4.69) is 4.74 Å². The first-order valence-corrected chi connectivity index (χ1v) is 4.34. The number of esters is 1. The maximum absolute atomic E-state index is 11.9. The Labute approximate surface area is 101 Å². The lowest BCUT2D eigenvalue weighted by molar-refractivity contribution is -0.394. The van der Waals surface area contributed by atoms with E-state index in [1.54, 1.807) is 0 Å². The van der Waals surface area contributed by atoms with Gasteiger partial charge in [0.05, 0.1) is 15.9 Å². The van der Waals surface area contributed by atoms with E-state index in [9.17, 15) is 38.2 Å². The second kappa shape index (κ2) is 4.88. The first kappa shape index (κ1) is 14.3. The number of carbonyl (C=O) groups excluding carboxylic acids is 1. The van der Waals surface area contributed by atoms with Crippen LogP contribution in [0.25, 0.3) is 0 Å². The van der Waals surface area contributed by atoms with Crippen molar-refractivity contribution < 1.29 is 32.5 Å². The van der Waals surface area contributed by atoms with Crippen molar-refractivity contribution in [2.45, 2.75) is 6.18 Å². The number of nitro benzene ring substituents is 2. The van der Waals surface area contributed by atoms with Crippen LogP contribution in [0.4, 0.5) is 24.5 Å². The molecule has 1 aromatic rings. The minimum Gasteiger partial charge on any atom is -0.412 e. The lowest BCUT2D eigenvalue weighted by Crippen LogP contribution is -2.28. The van der Waals surface area contributed by atoms with Gasteiger partial charge in [0.1, 0.15) is 0 Å². The van der Waals surface area contributed by atoms with E-state index in [1.165, 1.54) is 0 Å². The number of benzene rings is 1. The molecule has 0 saturated carbocycles. The van der Waals surface area contributed by atoms with Gasteiger partial charge in [-0.1, -0.05) is 0 Å². The minimum absolute atomic E-state index is 0.388. The standard InChI is InChI=1S/C8H3F3N2O6/c9-8(10,11)7(14)19-6-2-1-4(12(15)16)3-5(6)13(17)18/h1-3H. The van der Waals surface area contributed by atoms with E-state index in [0.717, 1.165) is 0 Å². The second-order valence-corrected chi connectivity index (χ2v) is 3.05. The van der Waals surface area contributed by atoms with E-state index in [4.69, 9.17) is 0 Å². The van der Waals surface area contributed by atoms with Crippen LogP contribution >= 0.6 is 0 Å². The smallest absolute Gasteiger partial charge is 0.412 e. The largest absolute Gasteiger partial charge is 0.491 e. The van der Waals surface area contributed by atoms with Gasteiger partial charge in [0.25, 0.3) is 5.69 Å². The lowest BCUT2D eigenvalue weighted by atomic mass is 10.2. The van der Waals surface area contributed by atoms with Gasteiger partial charge < -0.3 is 4.74 Å². The Morgan fingerprint density at radius 1 is 1.16 bits per heavy atom. The summed E-state index contributed by atoms with van der Waals surface area (Å²) in [5, 5.41) is 20.9. The molecule has 0 spiro atoms. The molecule has 0 unspecified atom stereocenters. The van der Waals surface area contributed by atoms with Crippen LogP contribution in [0.15, 0.2) is 18.2 Å². The number of non-ortho nitro benzene ring substituents is 1. The zero-order chi connectivity index (χ0) is 14.8. The van der Waals surface area contributed by atoms with Crippen LogP contribution in [0.5, 0.6) is 5.75 Å². The SMILES string of the molecule is O=C(Oc1ccc([N+](=O)[O-])cc1[N+](=O)[O-])C(F)(F)F. The van der Waals surface area contributed by atoms with E-state index >= 15 is 0 Å². The van der Waals surface area contributed by atoms with E-state index in [0.29, 0.717) is 18.2 Å². The highest BCUT2D eigenvalue weighted by atomic mass is 19.4. The predicted octanol–water partition coefficient (Wildman–Crippen LogP) is 1.97. The van der Waals surface area contributed by atoms with Gasteiger partial charge in [0.2, 0.25) is 5.75 Å². The van der Waals surface area contributed by atoms with Gasteiger partial charge in [-0.15, -0.1) is 0 Å². The van der Waals surface area contributed by atoms with Crippen molar-refractivity contribution in [2.75, 3.05) is 0 Å². The first-order valence-electron chi connectivity index (χ1n) is 4.34. The molecule has 19 heavy (non-hydrogen) atoms. The number of hydrogen-bond acceptors (Lipinski definition) is 6. The third kappa shape index (κ3) is 3.37. The van der Waals surface area contributed by atoms with Crippen molar-refractivity contribution in [1.29, 1.82) is 0 Å². The van der Waals surface area contributed by atoms with Crippen molar-refractivity contribution in [3.05, 3.63) is 38.4 Å². The summed E-state index contributed by atoms with van der Waals surface area (Å²) in [6.45, 7) is 0. The average molecular weight is 280 g/mol. The highest BCUT2D eigenvalue weighted by Crippen LogP contribution is 2.32. The monoisotopic (exact) mass is 280 g/mol. The average Bonchev–Trinajstić information content (AvgIpc) is 2.27. The summed E-state index contributed by atoms with van der Waals surface area (Å²) in [6.07, 6.45) is -5.34. The van der Waals surface area contributed by atoms with E-state index in [1.807, 2.05) is 0 Å². The van der Waals surface area contributed by atoms with Crippen LogP contribution in [-0.2, 0) is 4.79 Å². The van der Waals surface area contributed by atoms with Crippen LogP contribution in [0.2, 0.25) is 0 Å². The van der Waals surface area contributed by atoms with E-state index < -0.39 is 39.1 Å². The Morgan fingerprint density at radius 2 is 1.74 bits per heavy atom. The first-order chi connectivity index (χ1) is 8.62. The molecule has 0 bridgehead atoms. The molecular weight excluding hydrogens is 277 g/mol. The summed E-state index contributed by atoms with van der Waals surface area (Å²) in [6, 6.07) is 1.60. The fraction of sp³-hybridized carbons (Fsp3) is 0.125. The summed E-state index contributed by atoms with van der Waals surface area (Å²) in [4.78, 5) is 29.2. The number of rotatable bonds is 3. The molecule has 0 fully saturated rings. The molecule has 0 atom stereocenters. The van der Waals surface area contributed by atoms with Gasteiger partial charge in [-0.2, -0.15) is 13.2 Å². The molecule has 0 aliphatic rings. The van der Waals surface area contributed by atoms with Gasteiger partial charge in [-0.05, 0) is 6.07 Å². The van der Waals surface area contributed by atoms with Gasteiger partial charge in [-0.3, -0.25) is 20.2 Å². The third-order valence-electron chi connectivity index (χ3n) is 1.78. The molecule has 1 rings (SSSR count). The van der Waals surface area contributed by atoms with E-state index in [-0.39, 0.29) is 0 Å². The minimum atomic E-state index is -5.34. The molecule has 8 nitrogen and oxygen atoms in total. The molecule has 0 N–H and O–H groups in total. The van der Waals surface area contributed by atoms with Crippen molar-refractivity contribution in [1.82, 2.24) is 0 Å². The highest BCUT2D eigenvalue weighted by Gasteiger charge is 2.42. The van der Waals surface area contributed by atoms with Gasteiger partial charge in [0, 0.05) is 6.07 Å². The Morgan fingerprint density at radius 3 is 2.16 bits per heavy atom. The summed E-state index contributed by atoms with van der Waals surface area (Å²) in [7, 11) is 0. The number of ether oxygens (including phenoxy) is 1. The van der Waals surface area contributed by atoms with Crippen molar-refractivity contribution in [2.24, 2.45) is 0 Å². The van der Waals surface area contributed by atoms with Crippen molar-refractivity contribution in [3.63, 3.8) is 0 Å². The number of hydrogen-bond donors (Lipinski definition) is 0. The molecule has 0 heterocycles. The summed E-state index contributed by atoms with van der Waals surface area (Å²) in [5.41, 5.74) is -1.84. The zero-order valence-corrected chi connectivity index (χ0v) is 8.71. The highest BCUT2D eigenvalue weighted by molar-refractivity contribution is 5.79. The molecule has 102 valence electrons. The van der Waals surface area contributed by atoms with Crippen LogP contribution in [0.1, 0.15) is 0 Å². The topological polar surface area (TPSA) is 113 Å². The number of alkyl halides is 3. The Kier molecular flexibility index (Phi) is 3.68. The van der Waals surface area contributed by atoms with Gasteiger partial charge in [-0.25, -0.2) is 4.79 Å². The van der Waals surface area contributed by atoms with Crippen molar-refractivity contribution in [3.8, 4) is 5.75 Å². The normalized spacial score (nSPS) is 10.9. The predicted molar refractivity (Wildman–Crippen MR) is 51.4 cm³/mol. The zero-order valence-electron chi connectivity index (χ0n) is 8.71. The van der Waals surface area contributed by atoms with Gasteiger partial charge in [0.15, 0.2) is 0 Å². The molecular formula is C8H3F3N2O6. The quantitative estimate of drug-likeness (QED) is 0.362. The summed E-state index contributed by atoms with van der Waals surface area (Å²) < 4.78 is 39.5. The number of nitro groups is 2. The Bertz CT molecular complexity index is 556. The number of nitrogens with zero attached hydrogens (tertiary/aromatic N) is 2. The summed E-state index contributed by atoms with van der Waals surface area (Å²) in [5.74, 6) is -3.69. The van der Waals surface area contributed by atoms with Crippen LogP contribution in [0, 0.1) is 20.2 Å². The Hall–Kier alpha value is -2.72. The van der Waals surface area contributed by atoms with Crippen molar-refractivity contribution >= 4 is 17.3 Å². The summed E-state index contributed by atoms with van der Waals surface area (Å²) >= 11 is 0. The molecule has 0 radical (unpaired) electrons. The second-order valence-electron chi connectivity index (χ2n) is 3.05.